The number of fused-ring (bicyclic) bond motifs is 1. The molecule has 2 aromatic heterocycles. The third-order valence-electron chi connectivity index (χ3n) is 6.68. The number of ether oxygens (including phenoxy) is 1. The molecule has 0 unspecified atom stereocenters. The first-order chi connectivity index (χ1) is 17.0. The topological polar surface area (TPSA) is 85.2 Å². The van der Waals surface area contributed by atoms with Gasteiger partial charge in [-0.05, 0) is 56.5 Å². The molecule has 2 aromatic carbocycles. The van der Waals surface area contributed by atoms with Crippen molar-refractivity contribution in [3.05, 3.63) is 71.5 Å². The number of nitrogens with zero attached hydrogens (tertiary/aromatic N) is 5. The minimum atomic E-state index is -0.121. The van der Waals surface area contributed by atoms with Gasteiger partial charge in [0.25, 0.3) is 0 Å². The van der Waals surface area contributed by atoms with Crippen LogP contribution in [0.1, 0.15) is 29.8 Å². The van der Waals surface area contributed by atoms with E-state index in [-0.39, 0.29) is 11.8 Å². The summed E-state index contributed by atoms with van der Waals surface area (Å²) >= 11 is 0. The number of hydrogen-bond donors (Lipinski definition) is 1. The molecule has 4 aromatic rings. The Labute approximate surface area is 204 Å². The molecular formula is C27H30N6O2. The first kappa shape index (κ1) is 22.8. The number of hydrogen-bond acceptors (Lipinski definition) is 6. The zero-order valence-electron chi connectivity index (χ0n) is 20.4. The molecule has 1 atom stereocenters. The van der Waals surface area contributed by atoms with Crippen LogP contribution in [0.4, 0.5) is 5.82 Å². The average molecular weight is 471 g/mol. The van der Waals surface area contributed by atoms with Crippen molar-refractivity contribution >= 4 is 22.6 Å². The SMILES string of the molecule is COc1cccc(CNC(=O)[C@@H]2CCCN(c3nnc(C)c4c(C)n(-c5ccccc5)nc34)C2)c1. The summed E-state index contributed by atoms with van der Waals surface area (Å²) in [6, 6.07) is 17.8. The third-order valence-corrected chi connectivity index (χ3v) is 6.68. The summed E-state index contributed by atoms with van der Waals surface area (Å²) in [4.78, 5) is 15.2. The Balaban J connectivity index is 1.37. The highest BCUT2D eigenvalue weighted by Gasteiger charge is 2.29. The molecule has 0 radical (unpaired) electrons. The summed E-state index contributed by atoms with van der Waals surface area (Å²) in [6.45, 7) is 5.92. The van der Waals surface area contributed by atoms with Crippen molar-refractivity contribution in [3.63, 3.8) is 0 Å². The third kappa shape index (κ3) is 4.56. The number of aryl methyl sites for hydroxylation is 2. The van der Waals surface area contributed by atoms with Gasteiger partial charge in [0.1, 0.15) is 11.3 Å². The fraction of sp³-hybridized carbons (Fsp3) is 0.333. The van der Waals surface area contributed by atoms with Crippen LogP contribution >= 0.6 is 0 Å². The van der Waals surface area contributed by atoms with Crippen molar-refractivity contribution in [2.75, 3.05) is 25.1 Å². The number of aromatic nitrogens is 4. The zero-order chi connectivity index (χ0) is 24.4. The number of methoxy groups -OCH3 is 1. The van der Waals surface area contributed by atoms with E-state index in [0.29, 0.717) is 13.1 Å². The standard InChI is InChI=1S/C27H30N6O2/c1-18-24-19(2)33(22-11-5-4-6-12-22)31-25(24)26(30-29-18)32-14-8-10-21(17-32)27(34)28-16-20-9-7-13-23(15-20)35-3/h4-7,9,11-13,15,21H,8,10,14,16-17H2,1-3H3,(H,28,34)/t21-/m1/s1. The Kier molecular flexibility index (Phi) is 6.35. The lowest BCUT2D eigenvalue weighted by molar-refractivity contribution is -0.125. The molecular weight excluding hydrogens is 440 g/mol. The largest absolute Gasteiger partial charge is 0.497 e. The molecule has 5 rings (SSSR count). The predicted octanol–water partition coefficient (Wildman–Crippen LogP) is 3.97. The minimum absolute atomic E-state index is 0.0554. The number of carbonyl (C=O) groups is 1. The van der Waals surface area contributed by atoms with Crippen LogP contribution in [0.5, 0.6) is 5.75 Å². The van der Waals surface area contributed by atoms with Crippen LogP contribution in [-0.2, 0) is 11.3 Å². The maximum Gasteiger partial charge on any atom is 0.225 e. The zero-order valence-corrected chi connectivity index (χ0v) is 20.4. The number of piperidine rings is 1. The highest BCUT2D eigenvalue weighted by Crippen LogP contribution is 2.31. The second-order valence-electron chi connectivity index (χ2n) is 9.02. The summed E-state index contributed by atoms with van der Waals surface area (Å²) in [5.41, 5.74) is 4.73. The van der Waals surface area contributed by atoms with Gasteiger partial charge in [-0.3, -0.25) is 4.79 Å². The van der Waals surface area contributed by atoms with Crippen LogP contribution < -0.4 is 15.0 Å². The van der Waals surface area contributed by atoms with E-state index in [4.69, 9.17) is 9.84 Å². The van der Waals surface area contributed by atoms with Gasteiger partial charge in [-0.1, -0.05) is 30.3 Å². The predicted molar refractivity (Wildman–Crippen MR) is 136 cm³/mol. The summed E-state index contributed by atoms with van der Waals surface area (Å²) in [7, 11) is 1.64. The molecule has 3 heterocycles. The van der Waals surface area contributed by atoms with Gasteiger partial charge in [0, 0.05) is 19.6 Å². The van der Waals surface area contributed by atoms with Crippen molar-refractivity contribution in [2.24, 2.45) is 5.92 Å². The van der Waals surface area contributed by atoms with Gasteiger partial charge in [-0.25, -0.2) is 4.68 Å². The lowest BCUT2D eigenvalue weighted by Gasteiger charge is -2.32. The van der Waals surface area contributed by atoms with Crippen LogP contribution in [0.2, 0.25) is 0 Å². The van der Waals surface area contributed by atoms with Crippen LogP contribution in [0.25, 0.3) is 16.6 Å². The van der Waals surface area contributed by atoms with Crippen molar-refractivity contribution in [1.29, 1.82) is 0 Å². The van der Waals surface area contributed by atoms with Crippen molar-refractivity contribution < 1.29 is 9.53 Å². The Bertz CT molecular complexity index is 1350. The van der Waals surface area contributed by atoms with Gasteiger partial charge in [-0.15, -0.1) is 5.10 Å². The lowest BCUT2D eigenvalue weighted by atomic mass is 9.97. The van der Waals surface area contributed by atoms with E-state index in [9.17, 15) is 4.79 Å². The Morgan fingerprint density at radius 2 is 1.94 bits per heavy atom. The number of anilines is 1. The van der Waals surface area contributed by atoms with Crippen LogP contribution in [0.3, 0.4) is 0 Å². The van der Waals surface area contributed by atoms with E-state index in [1.807, 2.05) is 66.2 Å². The van der Waals surface area contributed by atoms with Gasteiger partial charge in [-0.2, -0.15) is 10.2 Å². The first-order valence-corrected chi connectivity index (χ1v) is 12.0. The van der Waals surface area contributed by atoms with Crippen molar-refractivity contribution in [1.82, 2.24) is 25.3 Å². The fourth-order valence-electron chi connectivity index (χ4n) is 4.84. The molecule has 1 fully saturated rings. The second kappa shape index (κ2) is 9.74. The fourth-order valence-corrected chi connectivity index (χ4v) is 4.84. The average Bonchev–Trinajstić information content (AvgIpc) is 3.26. The van der Waals surface area contributed by atoms with Gasteiger partial charge in [0.15, 0.2) is 5.82 Å². The molecule has 0 spiro atoms. The van der Waals surface area contributed by atoms with E-state index in [2.05, 4.69) is 27.3 Å². The maximum absolute atomic E-state index is 13.0. The Morgan fingerprint density at radius 3 is 2.74 bits per heavy atom. The van der Waals surface area contributed by atoms with Crippen LogP contribution in [0.15, 0.2) is 54.6 Å². The molecule has 35 heavy (non-hydrogen) atoms. The molecule has 0 bridgehead atoms. The molecule has 180 valence electrons. The molecule has 1 N–H and O–H groups in total. The number of para-hydroxylation sites is 1. The summed E-state index contributed by atoms with van der Waals surface area (Å²) in [6.07, 6.45) is 1.76. The number of rotatable bonds is 6. The Hall–Kier alpha value is -3.94. The molecule has 1 aliphatic rings. The maximum atomic E-state index is 13.0. The van der Waals surface area contributed by atoms with Gasteiger partial charge in [0.2, 0.25) is 5.91 Å². The summed E-state index contributed by atoms with van der Waals surface area (Å²) in [5, 5.41) is 18.0. The van der Waals surface area contributed by atoms with Crippen LogP contribution in [0, 0.1) is 19.8 Å². The molecule has 8 nitrogen and oxygen atoms in total. The molecule has 8 heteroatoms. The van der Waals surface area contributed by atoms with Crippen molar-refractivity contribution in [2.45, 2.75) is 33.2 Å². The van der Waals surface area contributed by atoms with Gasteiger partial charge in [0.05, 0.1) is 35.5 Å². The number of nitrogens with one attached hydrogen (secondary N) is 1. The van der Waals surface area contributed by atoms with E-state index in [1.165, 1.54) is 0 Å². The number of benzene rings is 2. The van der Waals surface area contributed by atoms with E-state index >= 15 is 0 Å². The highest BCUT2D eigenvalue weighted by molar-refractivity contribution is 5.92. The van der Waals surface area contributed by atoms with Crippen molar-refractivity contribution in [3.8, 4) is 11.4 Å². The van der Waals surface area contributed by atoms with E-state index in [1.54, 1.807) is 7.11 Å². The Morgan fingerprint density at radius 1 is 1.11 bits per heavy atom. The summed E-state index contributed by atoms with van der Waals surface area (Å²) in [5.74, 6) is 1.46. The first-order valence-electron chi connectivity index (χ1n) is 12.0. The summed E-state index contributed by atoms with van der Waals surface area (Å²) < 4.78 is 7.23. The molecule has 0 aliphatic carbocycles. The lowest BCUT2D eigenvalue weighted by Crippen LogP contribution is -2.43. The number of carbonyl (C=O) groups excluding carboxylic acids is 1. The minimum Gasteiger partial charge on any atom is -0.497 e. The smallest absolute Gasteiger partial charge is 0.225 e. The van der Waals surface area contributed by atoms with E-state index < -0.39 is 0 Å². The van der Waals surface area contributed by atoms with Gasteiger partial charge >= 0.3 is 0 Å². The molecule has 1 saturated heterocycles. The second-order valence-corrected chi connectivity index (χ2v) is 9.02. The molecule has 1 amide bonds. The highest BCUT2D eigenvalue weighted by atomic mass is 16.5. The molecule has 1 aliphatic heterocycles. The van der Waals surface area contributed by atoms with E-state index in [0.717, 1.165) is 64.5 Å². The monoisotopic (exact) mass is 470 g/mol. The molecule has 0 saturated carbocycles. The van der Waals surface area contributed by atoms with Gasteiger partial charge < -0.3 is 15.0 Å². The number of amides is 1. The quantitative estimate of drug-likeness (QED) is 0.459. The normalized spacial score (nSPS) is 15.9. The van der Waals surface area contributed by atoms with Crippen LogP contribution in [-0.4, -0.2) is 46.1 Å².